The molecule has 2 atom stereocenters. The van der Waals surface area contributed by atoms with Crippen molar-refractivity contribution in [3.05, 3.63) is 0 Å². The molecule has 0 bridgehead atoms. The van der Waals surface area contributed by atoms with E-state index >= 15 is 0 Å². The van der Waals surface area contributed by atoms with Crippen molar-refractivity contribution in [2.75, 3.05) is 13.7 Å². The van der Waals surface area contributed by atoms with Crippen molar-refractivity contribution in [1.29, 1.82) is 0 Å². The van der Waals surface area contributed by atoms with Crippen LogP contribution in [-0.4, -0.2) is 31.7 Å². The Bertz CT molecular complexity index is 229. The monoisotopic (exact) mass is 214 g/mol. The highest BCUT2D eigenvalue weighted by Gasteiger charge is 2.31. The van der Waals surface area contributed by atoms with Crippen LogP contribution in [0.15, 0.2) is 0 Å². The van der Waals surface area contributed by atoms with E-state index in [0.717, 1.165) is 19.3 Å². The molecule has 1 aliphatic carbocycles. The number of rotatable bonds is 4. The lowest BCUT2D eigenvalue weighted by Gasteiger charge is -2.24. The maximum Gasteiger partial charge on any atom is 0.227 e. The van der Waals surface area contributed by atoms with Gasteiger partial charge in [0.1, 0.15) is 0 Å². The minimum atomic E-state index is -0.467. The first-order valence-electron chi connectivity index (χ1n) is 5.53. The molecule has 4 nitrogen and oxygen atoms in total. The maximum atomic E-state index is 11.8. The fourth-order valence-corrected chi connectivity index (χ4v) is 1.76. The molecule has 1 amide bonds. The third-order valence-corrected chi connectivity index (χ3v) is 3.18. The highest BCUT2D eigenvalue weighted by molar-refractivity contribution is 5.82. The van der Waals surface area contributed by atoms with Gasteiger partial charge in [-0.2, -0.15) is 0 Å². The number of methoxy groups -OCH3 is 1. The smallest absolute Gasteiger partial charge is 0.227 e. The standard InChI is InChI=1S/C11H22N2O2/c1-11(2,7-12)10(14)13-8-4-5-9(6-8)15-3/h8-9H,4-7,12H2,1-3H3,(H,13,14). The lowest BCUT2D eigenvalue weighted by Crippen LogP contribution is -2.45. The van der Waals surface area contributed by atoms with Gasteiger partial charge >= 0.3 is 0 Å². The summed E-state index contributed by atoms with van der Waals surface area (Å²) in [5.41, 5.74) is 5.08. The van der Waals surface area contributed by atoms with Gasteiger partial charge < -0.3 is 15.8 Å². The highest BCUT2D eigenvalue weighted by Crippen LogP contribution is 2.23. The van der Waals surface area contributed by atoms with Crippen LogP contribution >= 0.6 is 0 Å². The molecule has 0 aromatic rings. The molecule has 4 heteroatoms. The van der Waals surface area contributed by atoms with E-state index in [1.54, 1.807) is 7.11 Å². The van der Waals surface area contributed by atoms with Crippen molar-refractivity contribution in [1.82, 2.24) is 5.32 Å². The first kappa shape index (κ1) is 12.5. The van der Waals surface area contributed by atoms with Crippen molar-refractivity contribution < 1.29 is 9.53 Å². The average molecular weight is 214 g/mol. The van der Waals surface area contributed by atoms with Crippen LogP contribution in [0.5, 0.6) is 0 Å². The first-order valence-corrected chi connectivity index (χ1v) is 5.53. The fourth-order valence-electron chi connectivity index (χ4n) is 1.76. The molecular weight excluding hydrogens is 192 g/mol. The zero-order valence-corrected chi connectivity index (χ0v) is 9.88. The van der Waals surface area contributed by atoms with Crippen LogP contribution in [0.25, 0.3) is 0 Å². The number of nitrogens with one attached hydrogen (secondary N) is 1. The van der Waals surface area contributed by atoms with E-state index in [1.807, 2.05) is 13.8 Å². The molecule has 3 N–H and O–H groups in total. The van der Waals surface area contributed by atoms with E-state index in [1.165, 1.54) is 0 Å². The highest BCUT2D eigenvalue weighted by atomic mass is 16.5. The molecule has 1 saturated carbocycles. The predicted molar refractivity (Wildman–Crippen MR) is 59.4 cm³/mol. The van der Waals surface area contributed by atoms with Gasteiger partial charge in [-0.05, 0) is 33.1 Å². The van der Waals surface area contributed by atoms with E-state index in [9.17, 15) is 4.79 Å². The summed E-state index contributed by atoms with van der Waals surface area (Å²) in [6.07, 6.45) is 3.26. The Balaban J connectivity index is 2.40. The van der Waals surface area contributed by atoms with Crippen molar-refractivity contribution in [3.63, 3.8) is 0 Å². The Hall–Kier alpha value is -0.610. The van der Waals surface area contributed by atoms with Gasteiger partial charge in [0.15, 0.2) is 0 Å². The molecule has 1 aliphatic rings. The fraction of sp³-hybridized carbons (Fsp3) is 0.909. The van der Waals surface area contributed by atoms with E-state index < -0.39 is 5.41 Å². The van der Waals surface area contributed by atoms with Crippen molar-refractivity contribution >= 4 is 5.91 Å². The zero-order valence-electron chi connectivity index (χ0n) is 9.88. The molecule has 2 unspecified atom stereocenters. The van der Waals surface area contributed by atoms with Crippen LogP contribution in [-0.2, 0) is 9.53 Å². The Morgan fingerprint density at radius 1 is 1.53 bits per heavy atom. The Morgan fingerprint density at radius 3 is 2.67 bits per heavy atom. The van der Waals surface area contributed by atoms with Gasteiger partial charge in [-0.25, -0.2) is 0 Å². The number of carbonyl (C=O) groups is 1. The van der Waals surface area contributed by atoms with Crippen molar-refractivity contribution in [2.24, 2.45) is 11.1 Å². The summed E-state index contributed by atoms with van der Waals surface area (Å²) in [6, 6.07) is 0.258. The molecule has 0 spiro atoms. The molecule has 0 heterocycles. The SMILES string of the molecule is COC1CCC(NC(=O)C(C)(C)CN)C1. The van der Waals surface area contributed by atoms with Gasteiger partial charge in [0, 0.05) is 19.7 Å². The topological polar surface area (TPSA) is 64.3 Å². The van der Waals surface area contributed by atoms with Crippen LogP contribution < -0.4 is 11.1 Å². The van der Waals surface area contributed by atoms with Crippen LogP contribution in [0.4, 0.5) is 0 Å². The number of ether oxygens (including phenoxy) is 1. The minimum absolute atomic E-state index is 0.0479. The Labute approximate surface area is 91.5 Å². The second kappa shape index (κ2) is 4.94. The largest absolute Gasteiger partial charge is 0.381 e. The average Bonchev–Trinajstić information content (AvgIpc) is 2.65. The van der Waals surface area contributed by atoms with Gasteiger partial charge in [0.05, 0.1) is 11.5 Å². The summed E-state index contributed by atoms with van der Waals surface area (Å²) in [7, 11) is 1.72. The Kier molecular flexibility index (Phi) is 4.11. The summed E-state index contributed by atoms with van der Waals surface area (Å²) >= 11 is 0. The summed E-state index contributed by atoms with van der Waals surface area (Å²) in [5, 5.41) is 3.04. The molecule has 1 rings (SSSR count). The molecule has 0 aromatic carbocycles. The molecule has 0 radical (unpaired) electrons. The molecule has 1 fully saturated rings. The molecule has 0 aromatic heterocycles. The maximum absolute atomic E-state index is 11.8. The molecule has 0 aliphatic heterocycles. The quantitative estimate of drug-likeness (QED) is 0.722. The summed E-state index contributed by atoms with van der Waals surface area (Å²) < 4.78 is 5.26. The number of nitrogens with two attached hydrogens (primary N) is 1. The number of hydrogen-bond donors (Lipinski definition) is 2. The summed E-state index contributed by atoms with van der Waals surface area (Å²) in [4.78, 5) is 11.8. The van der Waals surface area contributed by atoms with Crippen LogP contribution in [0.2, 0.25) is 0 Å². The van der Waals surface area contributed by atoms with Gasteiger partial charge in [-0.1, -0.05) is 0 Å². The molecular formula is C11H22N2O2. The van der Waals surface area contributed by atoms with Crippen LogP contribution in [0.3, 0.4) is 0 Å². The third-order valence-electron chi connectivity index (χ3n) is 3.18. The zero-order chi connectivity index (χ0) is 11.5. The third kappa shape index (κ3) is 3.18. The molecule has 15 heavy (non-hydrogen) atoms. The van der Waals surface area contributed by atoms with E-state index in [-0.39, 0.29) is 11.9 Å². The van der Waals surface area contributed by atoms with E-state index in [0.29, 0.717) is 12.6 Å². The van der Waals surface area contributed by atoms with E-state index in [2.05, 4.69) is 5.32 Å². The second-order valence-electron chi connectivity index (χ2n) is 4.93. The predicted octanol–water partition coefficient (Wildman–Crippen LogP) is 0.655. The summed E-state index contributed by atoms with van der Waals surface area (Å²) in [5.74, 6) is 0.0479. The minimum Gasteiger partial charge on any atom is -0.381 e. The number of amides is 1. The van der Waals surface area contributed by atoms with Crippen molar-refractivity contribution in [2.45, 2.75) is 45.3 Å². The van der Waals surface area contributed by atoms with Crippen LogP contribution in [0, 0.1) is 5.41 Å². The van der Waals surface area contributed by atoms with Crippen molar-refractivity contribution in [3.8, 4) is 0 Å². The van der Waals surface area contributed by atoms with Gasteiger partial charge in [0.2, 0.25) is 5.91 Å². The number of carbonyl (C=O) groups excluding carboxylic acids is 1. The normalized spacial score (nSPS) is 26.7. The first-order chi connectivity index (χ1) is 6.99. The lowest BCUT2D eigenvalue weighted by atomic mass is 9.92. The van der Waals surface area contributed by atoms with Gasteiger partial charge in [0.25, 0.3) is 0 Å². The van der Waals surface area contributed by atoms with Gasteiger partial charge in [-0.3, -0.25) is 4.79 Å². The van der Waals surface area contributed by atoms with Gasteiger partial charge in [-0.15, -0.1) is 0 Å². The molecule has 88 valence electrons. The number of hydrogen-bond acceptors (Lipinski definition) is 3. The summed E-state index contributed by atoms with van der Waals surface area (Å²) in [6.45, 7) is 4.11. The van der Waals surface area contributed by atoms with Crippen LogP contribution in [0.1, 0.15) is 33.1 Å². The second-order valence-corrected chi connectivity index (χ2v) is 4.93. The lowest BCUT2D eigenvalue weighted by molar-refractivity contribution is -0.129. The molecule has 0 saturated heterocycles. The van der Waals surface area contributed by atoms with E-state index in [4.69, 9.17) is 10.5 Å². The Morgan fingerprint density at radius 2 is 2.20 bits per heavy atom.